The fourth-order valence-corrected chi connectivity index (χ4v) is 4.76. The number of amides is 4. The molecule has 0 radical (unpaired) electrons. The van der Waals surface area contributed by atoms with E-state index in [4.69, 9.17) is 13.7 Å². The Morgan fingerprint density at radius 1 is 0.925 bits per heavy atom. The van der Waals surface area contributed by atoms with Gasteiger partial charge in [0, 0.05) is 0 Å². The number of barbiturate groups is 1. The van der Waals surface area contributed by atoms with Gasteiger partial charge in [0.2, 0.25) is 0 Å². The summed E-state index contributed by atoms with van der Waals surface area (Å²) in [6.07, 6.45) is 2.14. The number of nitrogens with zero attached hydrogens (tertiary/aromatic N) is 1. The van der Waals surface area contributed by atoms with Crippen molar-refractivity contribution in [2.45, 2.75) is 31.7 Å². The van der Waals surface area contributed by atoms with Crippen LogP contribution in [0.3, 0.4) is 0 Å². The number of imide groups is 2. The largest absolute Gasteiger partial charge is 0.493 e. The predicted octanol–water partition coefficient (Wildman–Crippen LogP) is 4.22. The first-order chi connectivity index (χ1) is 19.1. The standard InChI is InChI=1S/C29H28N2O8S/c1-4-15-38-25-14-9-21(17-26(25)37-3)18-31-28(33)24(27(32)30-29(31)34)16-20-7-10-22(11-8-20)39-40(35,36)23-12-5-19(2)6-13-23/h5-14,16-17H,4,15,18H2,1-3H3,(H,30,32,34)/b24-16+. The van der Waals surface area contributed by atoms with Gasteiger partial charge in [-0.3, -0.25) is 19.8 Å². The average molecular weight is 565 g/mol. The minimum atomic E-state index is -4.04. The van der Waals surface area contributed by atoms with Crippen LogP contribution in [0.25, 0.3) is 6.08 Å². The zero-order chi connectivity index (χ0) is 28.9. The van der Waals surface area contributed by atoms with Gasteiger partial charge in [-0.15, -0.1) is 0 Å². The smallest absolute Gasteiger partial charge is 0.339 e. The lowest BCUT2D eigenvalue weighted by atomic mass is 10.1. The van der Waals surface area contributed by atoms with Crippen molar-refractivity contribution >= 4 is 34.0 Å². The van der Waals surface area contributed by atoms with Gasteiger partial charge in [-0.2, -0.15) is 8.42 Å². The van der Waals surface area contributed by atoms with Crippen LogP contribution in [0.1, 0.15) is 30.0 Å². The monoisotopic (exact) mass is 564 g/mol. The van der Waals surface area contributed by atoms with E-state index in [1.807, 2.05) is 13.8 Å². The maximum atomic E-state index is 13.2. The zero-order valence-electron chi connectivity index (χ0n) is 22.2. The van der Waals surface area contributed by atoms with Gasteiger partial charge in [-0.25, -0.2) is 4.79 Å². The molecule has 40 heavy (non-hydrogen) atoms. The molecule has 1 aliphatic rings. The molecule has 1 saturated heterocycles. The number of carbonyl (C=O) groups is 3. The summed E-state index contributed by atoms with van der Waals surface area (Å²) < 4.78 is 41.3. The van der Waals surface area contributed by atoms with Gasteiger partial charge < -0.3 is 13.7 Å². The lowest BCUT2D eigenvalue weighted by Crippen LogP contribution is -2.53. The van der Waals surface area contributed by atoms with E-state index >= 15 is 0 Å². The van der Waals surface area contributed by atoms with Gasteiger partial charge in [0.05, 0.1) is 20.3 Å². The van der Waals surface area contributed by atoms with E-state index < -0.39 is 28.0 Å². The molecule has 0 aliphatic carbocycles. The maximum absolute atomic E-state index is 13.2. The fraction of sp³-hybridized carbons (Fsp3) is 0.207. The van der Waals surface area contributed by atoms with Crippen LogP contribution < -0.4 is 19.0 Å². The summed E-state index contributed by atoms with van der Waals surface area (Å²) in [7, 11) is -2.55. The Balaban J connectivity index is 1.51. The average Bonchev–Trinajstić information content (AvgIpc) is 2.93. The minimum absolute atomic E-state index is 0.0132. The lowest BCUT2D eigenvalue weighted by Gasteiger charge is -2.26. The first-order valence-corrected chi connectivity index (χ1v) is 13.8. The number of aryl methyl sites for hydroxylation is 1. The molecule has 1 fully saturated rings. The number of urea groups is 1. The van der Waals surface area contributed by atoms with Gasteiger partial charge in [0.25, 0.3) is 11.8 Å². The van der Waals surface area contributed by atoms with Crippen molar-refractivity contribution in [2.75, 3.05) is 13.7 Å². The molecule has 0 aromatic heterocycles. The fourth-order valence-electron chi connectivity index (χ4n) is 3.83. The molecule has 1 aliphatic heterocycles. The van der Waals surface area contributed by atoms with Crippen molar-refractivity contribution in [1.82, 2.24) is 10.2 Å². The molecule has 0 atom stereocenters. The highest BCUT2D eigenvalue weighted by Gasteiger charge is 2.35. The molecule has 10 nitrogen and oxygen atoms in total. The number of hydrogen-bond donors (Lipinski definition) is 1. The highest BCUT2D eigenvalue weighted by atomic mass is 32.2. The van der Waals surface area contributed by atoms with Crippen LogP contribution in [-0.4, -0.2) is 44.9 Å². The highest BCUT2D eigenvalue weighted by molar-refractivity contribution is 7.87. The van der Waals surface area contributed by atoms with Crippen molar-refractivity contribution in [3.8, 4) is 17.2 Å². The Kier molecular flexibility index (Phi) is 8.54. The summed E-state index contributed by atoms with van der Waals surface area (Å²) >= 11 is 0. The topological polar surface area (TPSA) is 128 Å². The quantitative estimate of drug-likeness (QED) is 0.220. The molecule has 0 saturated carbocycles. The second-order valence-electron chi connectivity index (χ2n) is 8.96. The summed E-state index contributed by atoms with van der Waals surface area (Å²) in [6.45, 7) is 4.22. The Morgan fingerprint density at radius 2 is 1.62 bits per heavy atom. The van der Waals surface area contributed by atoms with E-state index in [9.17, 15) is 22.8 Å². The molecule has 0 unspecified atom stereocenters. The van der Waals surface area contributed by atoms with Crippen LogP contribution in [0, 0.1) is 6.92 Å². The summed E-state index contributed by atoms with van der Waals surface area (Å²) in [5, 5.41) is 2.18. The molecule has 4 amide bonds. The van der Waals surface area contributed by atoms with E-state index in [0.717, 1.165) is 16.9 Å². The highest BCUT2D eigenvalue weighted by Crippen LogP contribution is 2.29. The predicted molar refractivity (Wildman–Crippen MR) is 146 cm³/mol. The van der Waals surface area contributed by atoms with Gasteiger partial charge in [0.1, 0.15) is 16.2 Å². The minimum Gasteiger partial charge on any atom is -0.493 e. The first kappa shape index (κ1) is 28.4. The second kappa shape index (κ2) is 12.0. The summed E-state index contributed by atoms with van der Waals surface area (Å²) in [4.78, 5) is 39.1. The Morgan fingerprint density at radius 3 is 2.27 bits per heavy atom. The number of ether oxygens (including phenoxy) is 2. The van der Waals surface area contributed by atoms with Crippen LogP contribution in [0.2, 0.25) is 0 Å². The Bertz CT molecular complexity index is 1560. The van der Waals surface area contributed by atoms with Crippen molar-refractivity contribution in [1.29, 1.82) is 0 Å². The molecule has 3 aromatic carbocycles. The summed E-state index contributed by atoms with van der Waals surface area (Å²) in [6, 6.07) is 16.3. The van der Waals surface area contributed by atoms with Crippen LogP contribution in [0.4, 0.5) is 4.79 Å². The van der Waals surface area contributed by atoms with E-state index in [1.165, 1.54) is 49.6 Å². The zero-order valence-corrected chi connectivity index (χ0v) is 23.0. The molecule has 0 bridgehead atoms. The van der Waals surface area contributed by atoms with E-state index in [0.29, 0.717) is 29.2 Å². The number of benzene rings is 3. The molecule has 11 heteroatoms. The Hall–Kier alpha value is -4.64. The van der Waals surface area contributed by atoms with E-state index in [1.54, 1.807) is 30.3 Å². The van der Waals surface area contributed by atoms with Crippen LogP contribution in [0.5, 0.6) is 17.2 Å². The number of carbonyl (C=O) groups excluding carboxylic acids is 3. The summed E-state index contributed by atoms with van der Waals surface area (Å²) in [5.41, 5.74) is 1.67. The van der Waals surface area contributed by atoms with Crippen molar-refractivity contribution in [2.24, 2.45) is 0 Å². The van der Waals surface area contributed by atoms with Crippen molar-refractivity contribution in [3.63, 3.8) is 0 Å². The number of nitrogens with one attached hydrogen (secondary N) is 1. The van der Waals surface area contributed by atoms with Gasteiger partial charge in [0.15, 0.2) is 11.5 Å². The third-order valence-corrected chi connectivity index (χ3v) is 7.18. The summed E-state index contributed by atoms with van der Waals surface area (Å²) in [5.74, 6) is -0.568. The van der Waals surface area contributed by atoms with Crippen LogP contribution in [0.15, 0.2) is 77.2 Å². The van der Waals surface area contributed by atoms with Crippen molar-refractivity contribution in [3.05, 3.63) is 89.0 Å². The molecule has 1 N–H and O–H groups in total. The number of methoxy groups -OCH3 is 1. The van der Waals surface area contributed by atoms with Gasteiger partial charge >= 0.3 is 16.1 Å². The van der Waals surface area contributed by atoms with Crippen molar-refractivity contribution < 1.29 is 36.5 Å². The van der Waals surface area contributed by atoms with E-state index in [-0.39, 0.29) is 22.8 Å². The number of rotatable bonds is 10. The van der Waals surface area contributed by atoms with Gasteiger partial charge in [-0.1, -0.05) is 42.8 Å². The third-order valence-electron chi connectivity index (χ3n) is 5.92. The van der Waals surface area contributed by atoms with E-state index in [2.05, 4.69) is 5.32 Å². The second-order valence-corrected chi connectivity index (χ2v) is 10.5. The molecule has 208 valence electrons. The normalized spacial score (nSPS) is 14.7. The Labute approximate surface area is 232 Å². The number of hydrogen-bond acceptors (Lipinski definition) is 8. The SMILES string of the molecule is CCCOc1ccc(CN2C(=O)NC(=O)/C(=C\c3ccc(OS(=O)(=O)c4ccc(C)cc4)cc3)C2=O)cc1OC. The first-order valence-electron chi connectivity index (χ1n) is 12.4. The lowest BCUT2D eigenvalue weighted by molar-refractivity contribution is -0.130. The third kappa shape index (κ3) is 6.49. The van der Waals surface area contributed by atoms with Gasteiger partial charge in [-0.05, 0) is 66.9 Å². The molecule has 3 aromatic rings. The molecular weight excluding hydrogens is 536 g/mol. The molecule has 0 spiro atoms. The molecular formula is C29H28N2O8S. The molecule has 4 rings (SSSR count). The maximum Gasteiger partial charge on any atom is 0.339 e. The van der Waals surface area contributed by atoms with Crippen LogP contribution >= 0.6 is 0 Å². The molecule has 1 heterocycles. The van der Waals surface area contributed by atoms with Crippen LogP contribution in [-0.2, 0) is 26.3 Å².